The van der Waals surface area contributed by atoms with Crippen LogP contribution in [0.2, 0.25) is 0 Å². The van der Waals surface area contributed by atoms with Crippen molar-refractivity contribution in [3.63, 3.8) is 0 Å². The number of aryl methyl sites for hydroxylation is 1. The number of methoxy groups -OCH3 is 1. The second-order valence-corrected chi connectivity index (χ2v) is 9.61. The quantitative estimate of drug-likeness (QED) is 0.443. The number of H-pyrrole nitrogens is 1. The molecule has 0 unspecified atom stereocenters. The Balaban J connectivity index is 1.35. The predicted octanol–water partition coefficient (Wildman–Crippen LogP) is 4.49. The van der Waals surface area contributed by atoms with E-state index in [4.69, 9.17) is 4.74 Å². The van der Waals surface area contributed by atoms with Crippen LogP contribution in [0.15, 0.2) is 78.9 Å². The van der Waals surface area contributed by atoms with E-state index in [1.165, 1.54) is 5.56 Å². The van der Waals surface area contributed by atoms with E-state index in [9.17, 15) is 9.59 Å². The summed E-state index contributed by atoms with van der Waals surface area (Å²) in [6.45, 7) is 0.689. The molecule has 1 N–H and O–H groups in total. The molecule has 1 saturated heterocycles. The number of carbonyl (C=O) groups is 2. The Morgan fingerprint density at radius 3 is 2.61 bits per heavy atom. The van der Waals surface area contributed by atoms with Crippen molar-refractivity contribution in [1.29, 1.82) is 0 Å². The Morgan fingerprint density at radius 2 is 1.78 bits per heavy atom. The standard InChI is InChI=1S/C30H29N3O3/c1-36-22-13-7-12-21(17-22)29-28-24(23-14-5-6-15-25(23)31-28)18-26-30(35)32(19-27(34)33(26)29)16-8-11-20-9-3-2-4-10-20/h2-7,9-10,12-15,17,26,29,31H,8,11,16,18-19H2,1H3/t26-,29-/m0/s1. The van der Waals surface area contributed by atoms with Gasteiger partial charge >= 0.3 is 0 Å². The molecule has 3 heterocycles. The molecule has 1 aromatic heterocycles. The van der Waals surface area contributed by atoms with Gasteiger partial charge < -0.3 is 19.5 Å². The van der Waals surface area contributed by atoms with Crippen LogP contribution in [0.5, 0.6) is 5.75 Å². The van der Waals surface area contributed by atoms with Crippen LogP contribution >= 0.6 is 0 Å². The zero-order valence-corrected chi connectivity index (χ0v) is 20.3. The minimum atomic E-state index is -0.522. The van der Waals surface area contributed by atoms with Crippen LogP contribution in [0.3, 0.4) is 0 Å². The summed E-state index contributed by atoms with van der Waals surface area (Å²) in [6.07, 6.45) is 2.22. The van der Waals surface area contributed by atoms with E-state index >= 15 is 0 Å². The number of para-hydroxylation sites is 1. The van der Waals surface area contributed by atoms with E-state index < -0.39 is 6.04 Å². The van der Waals surface area contributed by atoms with Gasteiger partial charge in [-0.25, -0.2) is 0 Å². The van der Waals surface area contributed by atoms with E-state index in [1.807, 2.05) is 59.5 Å². The molecule has 0 spiro atoms. The molecule has 4 aromatic rings. The van der Waals surface area contributed by atoms with Crippen LogP contribution < -0.4 is 4.74 Å². The lowest BCUT2D eigenvalue weighted by molar-refractivity contribution is -0.158. The number of hydrogen-bond acceptors (Lipinski definition) is 3. The highest BCUT2D eigenvalue weighted by Gasteiger charge is 2.48. The fraction of sp³-hybridized carbons (Fsp3) is 0.267. The van der Waals surface area contributed by atoms with Crippen molar-refractivity contribution < 1.29 is 14.3 Å². The fourth-order valence-corrected chi connectivity index (χ4v) is 5.79. The molecule has 0 aliphatic carbocycles. The number of piperazine rings is 1. The number of nitrogens with one attached hydrogen (secondary N) is 1. The minimum absolute atomic E-state index is 0.0172. The molecule has 1 fully saturated rings. The van der Waals surface area contributed by atoms with E-state index in [1.54, 1.807) is 12.0 Å². The van der Waals surface area contributed by atoms with Crippen LogP contribution in [0.25, 0.3) is 10.9 Å². The van der Waals surface area contributed by atoms with E-state index in [2.05, 4.69) is 29.2 Å². The normalized spacial score (nSPS) is 19.4. The largest absolute Gasteiger partial charge is 0.497 e. The second-order valence-electron chi connectivity index (χ2n) is 9.61. The molecule has 0 saturated carbocycles. The molecule has 0 bridgehead atoms. The summed E-state index contributed by atoms with van der Waals surface area (Å²) >= 11 is 0. The molecule has 2 aliphatic rings. The molecule has 2 amide bonds. The van der Waals surface area contributed by atoms with Gasteiger partial charge in [-0.1, -0.05) is 60.7 Å². The van der Waals surface area contributed by atoms with Crippen LogP contribution in [-0.2, 0) is 22.4 Å². The summed E-state index contributed by atoms with van der Waals surface area (Å²) in [5, 5.41) is 1.11. The molecular weight excluding hydrogens is 450 g/mol. The third-order valence-corrected chi connectivity index (χ3v) is 7.49. The SMILES string of the molecule is COc1cccc([C@H]2c3[nH]c4ccccc4c3C[C@H]3C(=O)N(CCCc4ccccc4)CC(=O)N23)c1. The van der Waals surface area contributed by atoms with Gasteiger partial charge in [0.25, 0.3) is 0 Å². The van der Waals surface area contributed by atoms with Crippen molar-refractivity contribution in [3.05, 3.63) is 101 Å². The number of nitrogens with zero attached hydrogens (tertiary/aromatic N) is 2. The zero-order valence-electron chi connectivity index (χ0n) is 20.3. The van der Waals surface area contributed by atoms with Gasteiger partial charge in [-0.2, -0.15) is 0 Å². The highest BCUT2D eigenvalue weighted by atomic mass is 16.5. The smallest absolute Gasteiger partial charge is 0.246 e. The number of aromatic amines is 1. The molecule has 6 rings (SSSR count). The van der Waals surface area contributed by atoms with Gasteiger partial charge in [-0.15, -0.1) is 0 Å². The monoisotopic (exact) mass is 479 g/mol. The van der Waals surface area contributed by atoms with Crippen molar-refractivity contribution in [2.75, 3.05) is 20.2 Å². The molecule has 36 heavy (non-hydrogen) atoms. The molecular formula is C30H29N3O3. The number of amides is 2. The van der Waals surface area contributed by atoms with Crippen LogP contribution in [0.4, 0.5) is 0 Å². The molecule has 2 atom stereocenters. The summed E-state index contributed by atoms with van der Waals surface area (Å²) in [5.74, 6) is 0.744. The van der Waals surface area contributed by atoms with E-state index in [0.717, 1.165) is 46.3 Å². The summed E-state index contributed by atoms with van der Waals surface area (Å²) in [4.78, 5) is 34.6. The lowest BCUT2D eigenvalue weighted by Gasteiger charge is -2.47. The Hall–Kier alpha value is -4.06. The first-order chi connectivity index (χ1) is 17.6. The van der Waals surface area contributed by atoms with Crippen LogP contribution in [0.1, 0.15) is 34.8 Å². The first-order valence-corrected chi connectivity index (χ1v) is 12.5. The maximum absolute atomic E-state index is 13.8. The van der Waals surface area contributed by atoms with Crippen molar-refractivity contribution >= 4 is 22.7 Å². The van der Waals surface area contributed by atoms with Gasteiger partial charge in [-0.3, -0.25) is 9.59 Å². The topological polar surface area (TPSA) is 65.6 Å². The first kappa shape index (κ1) is 22.4. The minimum Gasteiger partial charge on any atom is -0.497 e. The molecule has 6 heteroatoms. The fourth-order valence-electron chi connectivity index (χ4n) is 5.79. The predicted molar refractivity (Wildman–Crippen MR) is 139 cm³/mol. The van der Waals surface area contributed by atoms with Crippen LogP contribution in [0, 0.1) is 0 Å². The van der Waals surface area contributed by atoms with Crippen LogP contribution in [-0.4, -0.2) is 52.8 Å². The molecule has 182 valence electrons. The Kier molecular flexibility index (Phi) is 5.72. The number of benzene rings is 3. The average molecular weight is 480 g/mol. The molecule has 2 aliphatic heterocycles. The summed E-state index contributed by atoms with van der Waals surface area (Å²) in [7, 11) is 1.64. The van der Waals surface area contributed by atoms with Gasteiger partial charge in [-0.05, 0) is 47.7 Å². The second kappa shape index (κ2) is 9.19. The Bertz CT molecular complexity index is 1430. The third-order valence-electron chi connectivity index (χ3n) is 7.49. The third kappa shape index (κ3) is 3.83. The van der Waals surface area contributed by atoms with Crippen molar-refractivity contribution in [2.45, 2.75) is 31.3 Å². The van der Waals surface area contributed by atoms with Crippen molar-refractivity contribution in [2.24, 2.45) is 0 Å². The van der Waals surface area contributed by atoms with Gasteiger partial charge in [0, 0.05) is 29.6 Å². The molecule has 0 radical (unpaired) electrons. The first-order valence-electron chi connectivity index (χ1n) is 12.5. The number of carbonyl (C=O) groups excluding carboxylic acids is 2. The molecule has 3 aromatic carbocycles. The Morgan fingerprint density at radius 1 is 0.972 bits per heavy atom. The Labute approximate surface area is 210 Å². The highest BCUT2D eigenvalue weighted by molar-refractivity contribution is 5.97. The maximum Gasteiger partial charge on any atom is 0.246 e. The van der Waals surface area contributed by atoms with E-state index in [0.29, 0.717) is 13.0 Å². The number of ether oxygens (including phenoxy) is 1. The van der Waals surface area contributed by atoms with Gasteiger partial charge in [0.1, 0.15) is 11.8 Å². The lowest BCUT2D eigenvalue weighted by Crippen LogP contribution is -2.63. The summed E-state index contributed by atoms with van der Waals surface area (Å²) in [6, 6.07) is 25.3. The summed E-state index contributed by atoms with van der Waals surface area (Å²) in [5.41, 5.74) is 5.31. The van der Waals surface area contributed by atoms with Gasteiger partial charge in [0.2, 0.25) is 11.8 Å². The number of hydrogen-bond donors (Lipinski definition) is 1. The maximum atomic E-state index is 13.8. The average Bonchev–Trinajstić information content (AvgIpc) is 3.29. The summed E-state index contributed by atoms with van der Waals surface area (Å²) < 4.78 is 5.49. The van der Waals surface area contributed by atoms with Crippen molar-refractivity contribution in [1.82, 2.24) is 14.8 Å². The zero-order chi connectivity index (χ0) is 24.6. The number of fused-ring (bicyclic) bond motifs is 4. The van der Waals surface area contributed by atoms with Gasteiger partial charge in [0.05, 0.1) is 19.7 Å². The number of rotatable bonds is 6. The lowest BCUT2D eigenvalue weighted by atomic mass is 9.86. The van der Waals surface area contributed by atoms with Gasteiger partial charge in [0.15, 0.2) is 0 Å². The highest BCUT2D eigenvalue weighted by Crippen LogP contribution is 2.43. The van der Waals surface area contributed by atoms with E-state index in [-0.39, 0.29) is 24.4 Å². The van der Waals surface area contributed by atoms with Crippen molar-refractivity contribution in [3.8, 4) is 5.75 Å². The number of aromatic nitrogens is 1. The molecule has 6 nitrogen and oxygen atoms in total.